The third kappa shape index (κ3) is 2.73. The maximum Gasteiger partial charge on any atom is 0.176 e. The van der Waals surface area contributed by atoms with Crippen molar-refractivity contribution in [2.75, 3.05) is 18.5 Å². The molecule has 6 nitrogen and oxygen atoms in total. The second kappa shape index (κ2) is 4.98. The molecule has 0 aromatic carbocycles. The van der Waals surface area contributed by atoms with E-state index in [-0.39, 0.29) is 5.62 Å². The van der Waals surface area contributed by atoms with Crippen LogP contribution in [0.5, 0.6) is 0 Å². The molecule has 0 saturated carbocycles. The molecule has 0 radical (unpaired) electrons. The van der Waals surface area contributed by atoms with E-state index in [1.165, 1.54) is 0 Å². The Bertz CT molecular complexity index is 363. The number of nitrogens with zero attached hydrogens (tertiary/aromatic N) is 3. The van der Waals surface area contributed by atoms with Crippen LogP contribution >= 0.6 is 11.6 Å². The molecule has 16 heavy (non-hydrogen) atoms. The average Bonchev–Trinajstić information content (AvgIpc) is 2.70. The molecule has 1 atom stereocenters. The number of halogens is 1. The fourth-order valence-electron chi connectivity index (χ4n) is 1.13. The summed E-state index contributed by atoms with van der Waals surface area (Å²) in [7, 11) is 3.67. The Balaban J connectivity index is 0.000000165. The quantitative estimate of drug-likeness (QED) is 0.455. The Morgan fingerprint density at radius 3 is 2.19 bits per heavy atom. The zero-order valence-electron chi connectivity index (χ0n) is 9.61. The Hall–Kier alpha value is -1.56. The first kappa shape index (κ1) is 12.5. The van der Waals surface area contributed by atoms with Gasteiger partial charge < -0.3 is 21.7 Å². The normalized spacial score (nSPS) is 18.0. The van der Waals surface area contributed by atoms with Crippen LogP contribution in [-0.2, 0) is 7.05 Å². The molecule has 1 aliphatic rings. The lowest BCUT2D eigenvalue weighted by molar-refractivity contribution is 0.429. The Morgan fingerprint density at radius 1 is 1.44 bits per heavy atom. The van der Waals surface area contributed by atoms with Gasteiger partial charge in [-0.05, 0) is 6.92 Å². The van der Waals surface area contributed by atoms with E-state index in [0.717, 1.165) is 5.69 Å². The van der Waals surface area contributed by atoms with Crippen LogP contribution in [0, 0.1) is 6.92 Å². The highest BCUT2D eigenvalue weighted by Crippen LogP contribution is 2.15. The molecule has 1 aliphatic heterocycles. The average molecular weight is 245 g/mol. The lowest BCUT2D eigenvalue weighted by atomic mass is 10.4. The highest BCUT2D eigenvalue weighted by molar-refractivity contribution is 6.20. The summed E-state index contributed by atoms with van der Waals surface area (Å²) in [6.45, 7) is 1.83. The third-order valence-electron chi connectivity index (χ3n) is 2.22. The number of aryl methyl sites for hydroxylation is 2. The molecular formula is C9H17ClN6. The monoisotopic (exact) mass is 244 g/mol. The first-order chi connectivity index (χ1) is 7.43. The molecule has 0 fully saturated rings. The number of rotatable bonds is 0. The lowest BCUT2D eigenvalue weighted by Crippen LogP contribution is -2.25. The molecule has 0 bridgehead atoms. The van der Waals surface area contributed by atoms with Crippen molar-refractivity contribution in [1.29, 1.82) is 0 Å². The molecule has 1 aromatic heterocycles. The number of anilines is 2. The predicted molar refractivity (Wildman–Crippen MR) is 66.4 cm³/mol. The second-order valence-corrected chi connectivity index (χ2v) is 3.91. The van der Waals surface area contributed by atoms with Crippen LogP contribution in [0.1, 0.15) is 5.69 Å². The molecular weight excluding hydrogens is 228 g/mol. The maximum absolute atomic E-state index is 5.61. The van der Waals surface area contributed by atoms with Gasteiger partial charge in [-0.2, -0.15) is 5.10 Å². The predicted octanol–water partition coefficient (Wildman–Crippen LogP) is 0.408. The van der Waals surface area contributed by atoms with Crippen molar-refractivity contribution < 1.29 is 0 Å². The number of hydrogen-bond acceptors (Lipinski definition) is 5. The number of nitrogens with one attached hydrogen (secondary N) is 1. The highest BCUT2D eigenvalue weighted by atomic mass is 35.5. The van der Waals surface area contributed by atoms with E-state index in [0.29, 0.717) is 11.5 Å². The van der Waals surface area contributed by atoms with Gasteiger partial charge >= 0.3 is 0 Å². The number of alkyl halides is 1. The lowest BCUT2D eigenvalue weighted by Gasteiger charge is -2.11. The van der Waals surface area contributed by atoms with Crippen LogP contribution in [0.2, 0.25) is 0 Å². The van der Waals surface area contributed by atoms with Gasteiger partial charge in [0.2, 0.25) is 0 Å². The first-order valence-electron chi connectivity index (χ1n) is 4.76. The van der Waals surface area contributed by atoms with Gasteiger partial charge in [0.1, 0.15) is 5.82 Å². The maximum atomic E-state index is 5.61. The second-order valence-electron chi connectivity index (χ2n) is 3.49. The zero-order chi connectivity index (χ0) is 12.3. The van der Waals surface area contributed by atoms with Gasteiger partial charge in [-0.15, -0.1) is 0 Å². The van der Waals surface area contributed by atoms with Crippen molar-refractivity contribution in [3.05, 3.63) is 18.1 Å². The SMILES string of the molecule is CN1C=CNC1Cl.Cc1nn(C)c(N)c1N. The molecule has 7 heteroatoms. The first-order valence-corrected chi connectivity index (χ1v) is 5.20. The summed E-state index contributed by atoms with van der Waals surface area (Å²) in [4.78, 5) is 1.88. The van der Waals surface area contributed by atoms with E-state index in [1.807, 2.05) is 31.3 Å². The van der Waals surface area contributed by atoms with Gasteiger partial charge in [-0.1, -0.05) is 11.6 Å². The summed E-state index contributed by atoms with van der Waals surface area (Å²) in [5.41, 5.74) is 12.3. The van der Waals surface area contributed by atoms with Crippen molar-refractivity contribution >= 4 is 23.1 Å². The molecule has 5 N–H and O–H groups in total. The van der Waals surface area contributed by atoms with Crippen LogP contribution < -0.4 is 16.8 Å². The zero-order valence-corrected chi connectivity index (χ0v) is 10.4. The van der Waals surface area contributed by atoms with E-state index in [1.54, 1.807) is 11.7 Å². The third-order valence-corrected chi connectivity index (χ3v) is 2.65. The fourth-order valence-corrected chi connectivity index (χ4v) is 1.26. The standard InChI is InChI=1S/C5H10N4.C4H7ClN2/c1-3-4(6)5(7)9(2)8-3;1-7-3-2-6-4(7)5/h6-7H2,1-2H3;2-4,6H,1H3. The molecule has 2 heterocycles. The van der Waals surface area contributed by atoms with Gasteiger partial charge in [0.25, 0.3) is 0 Å². The van der Waals surface area contributed by atoms with E-state index >= 15 is 0 Å². The molecule has 0 aliphatic carbocycles. The summed E-state index contributed by atoms with van der Waals surface area (Å²) < 4.78 is 1.56. The highest BCUT2D eigenvalue weighted by Gasteiger charge is 2.07. The molecule has 0 amide bonds. The molecule has 0 saturated heterocycles. The van der Waals surface area contributed by atoms with E-state index in [2.05, 4.69) is 10.4 Å². The summed E-state index contributed by atoms with van der Waals surface area (Å²) >= 11 is 5.61. The van der Waals surface area contributed by atoms with Crippen LogP contribution in [-0.4, -0.2) is 27.4 Å². The smallest absolute Gasteiger partial charge is 0.176 e. The van der Waals surface area contributed by atoms with Crippen LogP contribution in [0.4, 0.5) is 11.5 Å². The van der Waals surface area contributed by atoms with Gasteiger partial charge in [-0.3, -0.25) is 4.68 Å². The number of hydrogen-bond donors (Lipinski definition) is 3. The van der Waals surface area contributed by atoms with Crippen LogP contribution in [0.3, 0.4) is 0 Å². The van der Waals surface area contributed by atoms with E-state index in [9.17, 15) is 0 Å². The van der Waals surface area contributed by atoms with E-state index < -0.39 is 0 Å². The van der Waals surface area contributed by atoms with Crippen LogP contribution in [0.15, 0.2) is 12.4 Å². The molecule has 1 aromatic rings. The Morgan fingerprint density at radius 2 is 2.06 bits per heavy atom. The summed E-state index contributed by atoms with van der Waals surface area (Å²) in [6.07, 6.45) is 3.70. The van der Waals surface area contributed by atoms with Gasteiger partial charge in [-0.25, -0.2) is 0 Å². The molecule has 0 spiro atoms. The van der Waals surface area contributed by atoms with Gasteiger partial charge in [0.15, 0.2) is 5.62 Å². The Labute approximate surface area is 99.8 Å². The number of nitrogen functional groups attached to an aromatic ring is 2. The minimum absolute atomic E-state index is 0.0417. The number of nitrogens with two attached hydrogens (primary N) is 2. The van der Waals surface area contributed by atoms with Gasteiger partial charge in [0, 0.05) is 26.5 Å². The number of aromatic nitrogens is 2. The van der Waals surface area contributed by atoms with Crippen molar-refractivity contribution in [3.8, 4) is 0 Å². The summed E-state index contributed by atoms with van der Waals surface area (Å²) in [5.74, 6) is 0.535. The van der Waals surface area contributed by atoms with E-state index in [4.69, 9.17) is 23.1 Å². The fraction of sp³-hybridized carbons (Fsp3) is 0.444. The molecule has 90 valence electrons. The van der Waals surface area contributed by atoms with Crippen molar-refractivity contribution in [2.45, 2.75) is 12.5 Å². The molecule has 1 unspecified atom stereocenters. The van der Waals surface area contributed by atoms with Crippen molar-refractivity contribution in [3.63, 3.8) is 0 Å². The van der Waals surface area contributed by atoms with Crippen molar-refractivity contribution in [2.24, 2.45) is 7.05 Å². The minimum atomic E-state index is -0.0417. The van der Waals surface area contributed by atoms with Crippen molar-refractivity contribution in [1.82, 2.24) is 20.0 Å². The largest absolute Gasteiger partial charge is 0.394 e. The molecule has 2 rings (SSSR count). The summed E-state index contributed by atoms with van der Waals surface area (Å²) in [6, 6.07) is 0. The minimum Gasteiger partial charge on any atom is -0.394 e. The summed E-state index contributed by atoms with van der Waals surface area (Å²) in [5, 5.41) is 6.86. The topological polar surface area (TPSA) is 85.1 Å². The van der Waals surface area contributed by atoms with Gasteiger partial charge in [0.05, 0.1) is 11.4 Å². The van der Waals surface area contributed by atoms with Crippen LogP contribution in [0.25, 0.3) is 0 Å². The Kier molecular flexibility index (Phi) is 3.89.